The van der Waals surface area contributed by atoms with Crippen molar-refractivity contribution in [3.8, 4) is 17.2 Å². The summed E-state index contributed by atoms with van der Waals surface area (Å²) >= 11 is 0. The number of para-hydroxylation sites is 1. The summed E-state index contributed by atoms with van der Waals surface area (Å²) in [5.74, 6) is 0.717. The molecule has 2 aromatic rings. The Labute approximate surface area is 134 Å². The first-order valence-electron chi connectivity index (χ1n) is 6.92. The van der Waals surface area contributed by atoms with Crippen molar-refractivity contribution in [1.82, 2.24) is 5.43 Å². The van der Waals surface area contributed by atoms with Gasteiger partial charge in [-0.2, -0.15) is 5.10 Å². The first-order chi connectivity index (χ1) is 11.1. The van der Waals surface area contributed by atoms with Crippen molar-refractivity contribution < 1.29 is 19.4 Å². The van der Waals surface area contributed by atoms with E-state index in [9.17, 15) is 9.90 Å². The highest BCUT2D eigenvalue weighted by Gasteiger charge is 2.11. The largest absolute Gasteiger partial charge is 0.507 e. The maximum Gasteiger partial charge on any atom is 0.271 e. The Bertz CT molecular complexity index is 741. The van der Waals surface area contributed by atoms with Gasteiger partial charge in [0, 0.05) is 11.1 Å². The van der Waals surface area contributed by atoms with Crippen LogP contribution in [0.5, 0.6) is 17.2 Å². The molecule has 0 heterocycles. The fourth-order valence-electron chi connectivity index (χ4n) is 2.02. The Morgan fingerprint density at radius 2 is 1.78 bits per heavy atom. The van der Waals surface area contributed by atoms with Gasteiger partial charge in [0.1, 0.15) is 5.75 Å². The fraction of sp³-hybridized carbons (Fsp3) is 0.176. The Kier molecular flexibility index (Phi) is 5.19. The molecule has 0 aliphatic carbocycles. The van der Waals surface area contributed by atoms with E-state index in [1.165, 1.54) is 14.2 Å². The number of carbonyl (C=O) groups is 1. The van der Waals surface area contributed by atoms with Crippen LogP contribution in [0.15, 0.2) is 47.6 Å². The molecule has 0 unspecified atom stereocenters. The van der Waals surface area contributed by atoms with Crippen molar-refractivity contribution in [2.75, 3.05) is 14.2 Å². The first-order valence-corrected chi connectivity index (χ1v) is 6.92. The van der Waals surface area contributed by atoms with Gasteiger partial charge in [-0.05, 0) is 37.3 Å². The van der Waals surface area contributed by atoms with E-state index in [1.54, 1.807) is 49.4 Å². The van der Waals surface area contributed by atoms with Gasteiger partial charge in [0.15, 0.2) is 11.5 Å². The number of amides is 1. The number of ether oxygens (including phenoxy) is 2. The van der Waals surface area contributed by atoms with Crippen molar-refractivity contribution in [2.24, 2.45) is 5.10 Å². The van der Waals surface area contributed by atoms with E-state index < -0.39 is 0 Å². The topological polar surface area (TPSA) is 80.2 Å². The number of benzene rings is 2. The highest BCUT2D eigenvalue weighted by atomic mass is 16.5. The van der Waals surface area contributed by atoms with E-state index in [0.717, 1.165) is 0 Å². The zero-order valence-corrected chi connectivity index (χ0v) is 13.2. The molecular weight excluding hydrogens is 296 g/mol. The van der Waals surface area contributed by atoms with Gasteiger partial charge < -0.3 is 14.6 Å². The van der Waals surface area contributed by atoms with Crippen LogP contribution in [-0.2, 0) is 0 Å². The van der Waals surface area contributed by atoms with Crippen molar-refractivity contribution in [3.05, 3.63) is 53.6 Å². The van der Waals surface area contributed by atoms with Gasteiger partial charge in [0.25, 0.3) is 5.91 Å². The third kappa shape index (κ3) is 3.79. The smallest absolute Gasteiger partial charge is 0.271 e. The quantitative estimate of drug-likeness (QED) is 0.656. The molecular formula is C17H18N2O4. The highest BCUT2D eigenvalue weighted by Crippen LogP contribution is 2.27. The lowest BCUT2D eigenvalue weighted by Gasteiger charge is -2.09. The molecule has 0 fully saturated rings. The standard InChI is InChI=1S/C17H18N2O4/c1-11(13-6-4-5-7-14(13)20)18-19-17(21)12-8-9-15(22-2)16(10-12)23-3/h4-10,20H,1-3H3,(H,19,21)/b18-11-. The van der Waals surface area contributed by atoms with Crippen LogP contribution in [-0.4, -0.2) is 30.9 Å². The maximum atomic E-state index is 12.2. The molecule has 2 rings (SSSR count). The number of rotatable bonds is 5. The number of nitrogens with zero attached hydrogens (tertiary/aromatic N) is 1. The maximum absolute atomic E-state index is 12.2. The van der Waals surface area contributed by atoms with Crippen molar-refractivity contribution in [2.45, 2.75) is 6.92 Å². The van der Waals surface area contributed by atoms with E-state index in [2.05, 4.69) is 10.5 Å². The van der Waals surface area contributed by atoms with Crippen LogP contribution in [0.2, 0.25) is 0 Å². The average Bonchev–Trinajstić information content (AvgIpc) is 2.59. The van der Waals surface area contributed by atoms with Crippen LogP contribution in [0.25, 0.3) is 0 Å². The molecule has 0 spiro atoms. The van der Waals surface area contributed by atoms with Crippen LogP contribution in [0.1, 0.15) is 22.8 Å². The van der Waals surface area contributed by atoms with E-state index in [4.69, 9.17) is 9.47 Å². The lowest BCUT2D eigenvalue weighted by molar-refractivity contribution is 0.0954. The van der Waals surface area contributed by atoms with Gasteiger partial charge in [0.2, 0.25) is 0 Å². The second-order valence-corrected chi connectivity index (χ2v) is 4.73. The Morgan fingerprint density at radius 1 is 1.09 bits per heavy atom. The molecule has 6 heteroatoms. The van der Waals surface area contributed by atoms with Crippen LogP contribution >= 0.6 is 0 Å². The van der Waals surface area contributed by atoms with Gasteiger partial charge in [-0.3, -0.25) is 4.79 Å². The molecule has 0 saturated heterocycles. The number of phenols is 1. The van der Waals surface area contributed by atoms with Gasteiger partial charge in [-0.1, -0.05) is 12.1 Å². The number of hydrogen-bond donors (Lipinski definition) is 2. The number of hydrazone groups is 1. The third-order valence-corrected chi connectivity index (χ3v) is 3.26. The second kappa shape index (κ2) is 7.31. The molecule has 1 amide bonds. The number of hydrogen-bond acceptors (Lipinski definition) is 5. The molecule has 2 N–H and O–H groups in total. The molecule has 120 valence electrons. The zero-order valence-electron chi connectivity index (χ0n) is 13.2. The zero-order chi connectivity index (χ0) is 16.8. The number of aromatic hydroxyl groups is 1. The summed E-state index contributed by atoms with van der Waals surface area (Å²) in [6, 6.07) is 11.6. The predicted octanol–water partition coefficient (Wildman–Crippen LogP) is 2.56. The summed E-state index contributed by atoms with van der Waals surface area (Å²) in [6.07, 6.45) is 0. The van der Waals surface area contributed by atoms with Gasteiger partial charge in [-0.25, -0.2) is 5.43 Å². The minimum atomic E-state index is -0.388. The molecule has 2 aromatic carbocycles. The lowest BCUT2D eigenvalue weighted by atomic mass is 10.1. The van der Waals surface area contributed by atoms with Gasteiger partial charge >= 0.3 is 0 Å². The molecule has 6 nitrogen and oxygen atoms in total. The SMILES string of the molecule is COc1ccc(C(=O)N/N=C(/C)c2ccccc2O)cc1OC. The summed E-state index contributed by atoms with van der Waals surface area (Å²) in [4.78, 5) is 12.2. The fourth-order valence-corrected chi connectivity index (χ4v) is 2.02. The summed E-state index contributed by atoms with van der Waals surface area (Å²) < 4.78 is 10.3. The van der Waals surface area contributed by atoms with E-state index in [1.807, 2.05) is 0 Å². The van der Waals surface area contributed by atoms with E-state index in [-0.39, 0.29) is 11.7 Å². The van der Waals surface area contributed by atoms with Crippen molar-refractivity contribution >= 4 is 11.6 Å². The van der Waals surface area contributed by atoms with Crippen LogP contribution in [0.4, 0.5) is 0 Å². The average molecular weight is 314 g/mol. The summed E-state index contributed by atoms with van der Waals surface area (Å²) in [5, 5.41) is 13.8. The first kappa shape index (κ1) is 16.4. The summed E-state index contributed by atoms with van der Waals surface area (Å²) in [5.41, 5.74) is 3.89. The van der Waals surface area contributed by atoms with Gasteiger partial charge in [0.05, 0.1) is 19.9 Å². The van der Waals surface area contributed by atoms with Crippen molar-refractivity contribution in [1.29, 1.82) is 0 Å². The third-order valence-electron chi connectivity index (χ3n) is 3.26. The Balaban J connectivity index is 2.16. The molecule has 0 radical (unpaired) electrons. The molecule has 0 aromatic heterocycles. The van der Waals surface area contributed by atoms with E-state index >= 15 is 0 Å². The number of methoxy groups -OCH3 is 2. The van der Waals surface area contributed by atoms with Crippen LogP contribution in [0.3, 0.4) is 0 Å². The minimum Gasteiger partial charge on any atom is -0.507 e. The number of phenolic OH excluding ortho intramolecular Hbond substituents is 1. The molecule has 23 heavy (non-hydrogen) atoms. The molecule has 0 atom stereocenters. The molecule has 0 aliphatic heterocycles. The van der Waals surface area contributed by atoms with E-state index in [0.29, 0.717) is 28.3 Å². The van der Waals surface area contributed by atoms with Crippen LogP contribution in [0, 0.1) is 0 Å². The molecule has 0 bridgehead atoms. The normalized spacial score (nSPS) is 11.0. The van der Waals surface area contributed by atoms with Crippen molar-refractivity contribution in [3.63, 3.8) is 0 Å². The van der Waals surface area contributed by atoms with Gasteiger partial charge in [-0.15, -0.1) is 0 Å². The predicted molar refractivity (Wildman–Crippen MR) is 87.3 cm³/mol. The lowest BCUT2D eigenvalue weighted by Crippen LogP contribution is -2.19. The minimum absolute atomic E-state index is 0.106. The second-order valence-electron chi connectivity index (χ2n) is 4.73. The molecule has 0 saturated carbocycles. The molecule has 0 aliphatic rings. The van der Waals surface area contributed by atoms with Crippen LogP contribution < -0.4 is 14.9 Å². The summed E-state index contributed by atoms with van der Waals surface area (Å²) in [7, 11) is 3.03. The highest BCUT2D eigenvalue weighted by molar-refractivity contribution is 6.02. The Hall–Kier alpha value is -3.02. The Morgan fingerprint density at radius 3 is 2.43 bits per heavy atom. The number of nitrogens with one attached hydrogen (secondary N) is 1. The number of carbonyl (C=O) groups excluding carboxylic acids is 1. The summed E-state index contributed by atoms with van der Waals surface area (Å²) in [6.45, 7) is 1.70. The monoisotopic (exact) mass is 314 g/mol.